The molecule has 3 unspecified atom stereocenters. The number of rotatable bonds is 5. The quantitative estimate of drug-likeness (QED) is 0.500. The first-order chi connectivity index (χ1) is 17.2. The fraction of sp³-hybridized carbons (Fsp3) is 0.615. The van der Waals surface area contributed by atoms with Crippen molar-refractivity contribution < 1.29 is 14.3 Å². The second-order valence-corrected chi connectivity index (χ2v) is 11.5. The molecule has 6 rings (SSSR count). The molecule has 1 aliphatic carbocycles. The van der Waals surface area contributed by atoms with Crippen molar-refractivity contribution in [1.29, 1.82) is 0 Å². The highest BCUT2D eigenvalue weighted by Crippen LogP contribution is 2.48. The number of benzene rings is 1. The molecule has 4 N–H and O–H groups in total. The van der Waals surface area contributed by atoms with Gasteiger partial charge in [-0.25, -0.2) is 4.79 Å². The fourth-order valence-corrected chi connectivity index (χ4v) is 7.63. The normalized spacial score (nSPS) is 31.1. The van der Waals surface area contributed by atoms with Crippen LogP contribution in [-0.4, -0.2) is 55.1 Å². The molecule has 3 amide bonds. The number of hydrogen-bond donors (Lipinski definition) is 4. The molecule has 0 radical (unpaired) electrons. The molecule has 4 atom stereocenters. The van der Waals surface area contributed by atoms with Crippen molar-refractivity contribution in [3.05, 3.63) is 34.9 Å². The van der Waals surface area contributed by atoms with Crippen molar-refractivity contribution in [3.8, 4) is 5.75 Å². The summed E-state index contributed by atoms with van der Waals surface area (Å²) in [5.74, 6) is 0.820. The third-order valence-electron chi connectivity index (χ3n) is 7.93. The number of piperidine rings is 2. The van der Waals surface area contributed by atoms with E-state index in [1.165, 1.54) is 19.3 Å². The lowest BCUT2D eigenvalue weighted by atomic mass is 9.86. The Hall–Kier alpha value is -2.23. The molecule has 35 heavy (non-hydrogen) atoms. The van der Waals surface area contributed by atoms with Gasteiger partial charge in [0.15, 0.2) is 0 Å². The summed E-state index contributed by atoms with van der Waals surface area (Å²) in [6, 6.07) is 7.94. The second kappa shape index (κ2) is 10.0. The SMILES string of the molecule is O=C(N[C@@H]1CCCNC1)C1=C2NC(=O)N(c3cccc(OC4CCCCC4)c3)C3CCNC(S1)C23. The predicted octanol–water partition coefficient (Wildman–Crippen LogP) is 3.06. The number of carbonyl (C=O) groups excluding carboxylic acids is 2. The highest BCUT2D eigenvalue weighted by atomic mass is 32.2. The maximum absolute atomic E-state index is 13.5. The van der Waals surface area contributed by atoms with Gasteiger partial charge in [0.1, 0.15) is 5.75 Å². The Morgan fingerprint density at radius 1 is 1.09 bits per heavy atom. The lowest BCUT2D eigenvalue weighted by molar-refractivity contribution is -0.117. The van der Waals surface area contributed by atoms with Crippen LogP contribution in [0.2, 0.25) is 0 Å². The predicted molar refractivity (Wildman–Crippen MR) is 137 cm³/mol. The van der Waals surface area contributed by atoms with Gasteiger partial charge < -0.3 is 26.0 Å². The molecule has 4 heterocycles. The number of ether oxygens (including phenoxy) is 1. The summed E-state index contributed by atoms with van der Waals surface area (Å²) in [6.45, 7) is 2.62. The highest BCUT2D eigenvalue weighted by Gasteiger charge is 2.51. The summed E-state index contributed by atoms with van der Waals surface area (Å²) in [5, 5.41) is 13.3. The van der Waals surface area contributed by atoms with Crippen LogP contribution in [0.3, 0.4) is 0 Å². The van der Waals surface area contributed by atoms with E-state index in [-0.39, 0.29) is 41.4 Å². The van der Waals surface area contributed by atoms with E-state index >= 15 is 0 Å². The highest BCUT2D eigenvalue weighted by molar-refractivity contribution is 8.04. The molecule has 188 valence electrons. The van der Waals surface area contributed by atoms with Crippen LogP contribution in [0, 0.1) is 5.92 Å². The van der Waals surface area contributed by atoms with Gasteiger partial charge in [-0.05, 0) is 70.2 Å². The van der Waals surface area contributed by atoms with Gasteiger partial charge in [-0.2, -0.15) is 0 Å². The molecule has 3 saturated heterocycles. The Labute approximate surface area is 211 Å². The number of hydrogen-bond acceptors (Lipinski definition) is 6. The number of nitrogens with one attached hydrogen (secondary N) is 4. The van der Waals surface area contributed by atoms with Gasteiger partial charge >= 0.3 is 6.03 Å². The Morgan fingerprint density at radius 3 is 2.80 bits per heavy atom. The van der Waals surface area contributed by atoms with Crippen LogP contribution in [0.25, 0.3) is 0 Å². The van der Waals surface area contributed by atoms with E-state index < -0.39 is 0 Å². The van der Waals surface area contributed by atoms with E-state index in [9.17, 15) is 9.59 Å². The van der Waals surface area contributed by atoms with E-state index in [0.29, 0.717) is 4.91 Å². The lowest BCUT2D eigenvalue weighted by Gasteiger charge is -2.45. The van der Waals surface area contributed by atoms with Gasteiger partial charge in [0.05, 0.1) is 22.4 Å². The van der Waals surface area contributed by atoms with E-state index in [2.05, 4.69) is 21.3 Å². The zero-order chi connectivity index (χ0) is 23.8. The van der Waals surface area contributed by atoms with Crippen molar-refractivity contribution >= 4 is 29.4 Å². The minimum Gasteiger partial charge on any atom is -0.490 e. The summed E-state index contributed by atoms with van der Waals surface area (Å²) >= 11 is 1.56. The first-order valence-electron chi connectivity index (χ1n) is 13.2. The molecule has 0 aromatic heterocycles. The summed E-state index contributed by atoms with van der Waals surface area (Å²) < 4.78 is 6.29. The van der Waals surface area contributed by atoms with Crippen LogP contribution in [0.15, 0.2) is 34.9 Å². The maximum atomic E-state index is 13.5. The number of anilines is 1. The van der Waals surface area contributed by atoms with Gasteiger partial charge in [0.25, 0.3) is 5.91 Å². The topological polar surface area (TPSA) is 94.7 Å². The van der Waals surface area contributed by atoms with Gasteiger partial charge in [-0.3, -0.25) is 9.69 Å². The van der Waals surface area contributed by atoms with Crippen LogP contribution >= 0.6 is 11.8 Å². The van der Waals surface area contributed by atoms with Crippen molar-refractivity contribution in [1.82, 2.24) is 21.3 Å². The fourth-order valence-electron chi connectivity index (χ4n) is 6.23. The molecular weight excluding hydrogens is 462 g/mol. The molecule has 5 aliphatic rings. The smallest absolute Gasteiger partial charge is 0.326 e. The van der Waals surface area contributed by atoms with E-state index in [0.717, 1.165) is 68.9 Å². The monoisotopic (exact) mass is 497 g/mol. The Bertz CT molecular complexity index is 1000. The minimum absolute atomic E-state index is 0.00378. The number of nitrogens with zero attached hydrogens (tertiary/aromatic N) is 1. The van der Waals surface area contributed by atoms with Crippen LogP contribution < -0.4 is 30.9 Å². The van der Waals surface area contributed by atoms with Crippen molar-refractivity contribution in [2.45, 2.75) is 74.9 Å². The zero-order valence-corrected chi connectivity index (χ0v) is 20.9. The Balaban J connectivity index is 1.23. The number of carbonyl (C=O) groups is 2. The minimum atomic E-state index is -0.163. The molecule has 9 heteroatoms. The zero-order valence-electron chi connectivity index (χ0n) is 20.1. The van der Waals surface area contributed by atoms with E-state index in [4.69, 9.17) is 4.74 Å². The number of urea groups is 1. The molecule has 1 saturated carbocycles. The van der Waals surface area contributed by atoms with Gasteiger partial charge in [0, 0.05) is 36.0 Å². The average Bonchev–Trinajstić information content (AvgIpc) is 3.25. The van der Waals surface area contributed by atoms with Crippen molar-refractivity contribution in [2.24, 2.45) is 5.92 Å². The molecule has 1 aromatic carbocycles. The van der Waals surface area contributed by atoms with Crippen LogP contribution in [-0.2, 0) is 4.79 Å². The maximum Gasteiger partial charge on any atom is 0.326 e. The molecule has 8 nitrogen and oxygen atoms in total. The molecular formula is C26H35N5O3S. The van der Waals surface area contributed by atoms with Gasteiger partial charge in [-0.15, -0.1) is 0 Å². The average molecular weight is 498 g/mol. The van der Waals surface area contributed by atoms with Crippen LogP contribution in [0.4, 0.5) is 10.5 Å². The molecule has 0 spiro atoms. The largest absolute Gasteiger partial charge is 0.490 e. The van der Waals surface area contributed by atoms with Gasteiger partial charge in [0.2, 0.25) is 0 Å². The molecule has 4 aliphatic heterocycles. The number of amides is 3. The second-order valence-electron chi connectivity index (χ2n) is 10.3. The van der Waals surface area contributed by atoms with Crippen LogP contribution in [0.1, 0.15) is 51.4 Å². The lowest BCUT2D eigenvalue weighted by Crippen LogP contribution is -2.62. The Kier molecular flexibility index (Phi) is 6.64. The first-order valence-corrected chi connectivity index (χ1v) is 14.1. The summed E-state index contributed by atoms with van der Waals surface area (Å²) in [6.07, 6.45) is 9.07. The summed E-state index contributed by atoms with van der Waals surface area (Å²) in [7, 11) is 0. The molecule has 1 aromatic rings. The van der Waals surface area contributed by atoms with Crippen LogP contribution in [0.5, 0.6) is 5.75 Å². The molecule has 0 bridgehead atoms. The first kappa shape index (κ1) is 23.2. The summed E-state index contributed by atoms with van der Waals surface area (Å²) in [4.78, 5) is 29.2. The molecule has 4 fully saturated rings. The standard InChI is InChI=1S/C26H35N5O3S/c32-24(29-16-6-5-12-27-15-16)23-22-21-20(11-13-28-25(21)35-23)31(26(33)30-22)17-7-4-10-19(14-17)34-18-8-2-1-3-9-18/h4,7,10,14,16,18,20-21,25,27-28H,1-3,5-6,8-9,11-13,15H2,(H,29,32)(H,30,33)/t16-,20?,21?,25?/m1/s1. The van der Waals surface area contributed by atoms with Crippen molar-refractivity contribution in [2.75, 3.05) is 24.5 Å². The van der Waals surface area contributed by atoms with Crippen molar-refractivity contribution in [3.63, 3.8) is 0 Å². The Morgan fingerprint density at radius 2 is 1.97 bits per heavy atom. The van der Waals surface area contributed by atoms with Gasteiger partial charge in [-0.1, -0.05) is 24.2 Å². The van der Waals surface area contributed by atoms with E-state index in [1.54, 1.807) is 11.8 Å². The third-order valence-corrected chi connectivity index (χ3v) is 9.29. The summed E-state index contributed by atoms with van der Waals surface area (Å²) in [5.41, 5.74) is 1.64. The third kappa shape index (κ3) is 4.66. The van der Waals surface area contributed by atoms with E-state index in [1.807, 2.05) is 29.2 Å². The number of thioether (sulfide) groups is 1.